The third-order valence-corrected chi connectivity index (χ3v) is 4.70. The molecule has 22 heavy (non-hydrogen) atoms. The Morgan fingerprint density at radius 2 is 1.59 bits per heavy atom. The van der Waals surface area contributed by atoms with Crippen molar-refractivity contribution in [1.82, 2.24) is 5.16 Å². The van der Waals surface area contributed by atoms with Gasteiger partial charge < -0.3 is 4.52 Å². The summed E-state index contributed by atoms with van der Waals surface area (Å²) >= 11 is 0. The van der Waals surface area contributed by atoms with Crippen LogP contribution < -0.4 is 0 Å². The first kappa shape index (κ1) is 14.8. The Kier molecular flexibility index (Phi) is 3.76. The fraction of sp³-hybridized carbons (Fsp3) is 0.0625. The van der Waals surface area contributed by atoms with E-state index in [0.29, 0.717) is 11.5 Å². The van der Waals surface area contributed by atoms with E-state index in [1.54, 1.807) is 12.1 Å². The highest BCUT2D eigenvalue weighted by Crippen LogP contribution is 2.34. The lowest BCUT2D eigenvalue weighted by molar-refractivity contribution is 0.400. The van der Waals surface area contributed by atoms with E-state index in [1.807, 2.05) is 37.3 Å². The second-order valence-corrected chi connectivity index (χ2v) is 7.36. The van der Waals surface area contributed by atoms with Gasteiger partial charge in [-0.2, -0.15) is 0 Å². The molecule has 0 spiro atoms. The average Bonchev–Trinajstić information content (AvgIpc) is 2.89. The number of nitrogens with zero attached hydrogens (tertiary/aromatic N) is 1. The van der Waals surface area contributed by atoms with Crippen LogP contribution in [0.5, 0.6) is 0 Å². The van der Waals surface area contributed by atoms with Crippen molar-refractivity contribution in [2.24, 2.45) is 0 Å². The molecule has 0 amide bonds. The molecule has 3 rings (SSSR count). The lowest BCUT2D eigenvalue weighted by Crippen LogP contribution is -1.90. The molecule has 4 nitrogen and oxygen atoms in total. The van der Waals surface area contributed by atoms with Crippen molar-refractivity contribution in [3.05, 3.63) is 60.4 Å². The molecule has 1 aromatic heterocycles. The summed E-state index contributed by atoms with van der Waals surface area (Å²) in [6, 6.07) is 16.0. The van der Waals surface area contributed by atoms with Crippen LogP contribution in [0.15, 0.2) is 64.0 Å². The Labute approximate surface area is 132 Å². The Bertz CT molecular complexity index is 900. The second kappa shape index (κ2) is 5.59. The molecule has 0 fully saturated rings. The first-order valence-electron chi connectivity index (χ1n) is 6.53. The number of aryl methyl sites for hydroxylation is 1. The first-order chi connectivity index (χ1) is 10.5. The fourth-order valence-corrected chi connectivity index (χ4v) is 3.06. The Hall–Kier alpha value is -2.11. The van der Waals surface area contributed by atoms with Crippen LogP contribution in [0.2, 0.25) is 0 Å². The van der Waals surface area contributed by atoms with Crippen LogP contribution in [0.4, 0.5) is 0 Å². The van der Waals surface area contributed by atoms with Crippen LogP contribution in [0.25, 0.3) is 22.4 Å². The van der Waals surface area contributed by atoms with Crippen molar-refractivity contribution in [3.8, 4) is 22.4 Å². The first-order valence-corrected chi connectivity index (χ1v) is 8.84. The number of halogens is 1. The van der Waals surface area contributed by atoms with Crippen molar-refractivity contribution in [1.29, 1.82) is 0 Å². The van der Waals surface area contributed by atoms with Crippen molar-refractivity contribution >= 4 is 19.7 Å². The maximum absolute atomic E-state index is 11.3. The number of aromatic nitrogens is 1. The monoisotopic (exact) mass is 333 g/mol. The molecule has 0 bridgehead atoms. The molecular formula is C16H12ClNO3S. The van der Waals surface area contributed by atoms with Gasteiger partial charge in [-0.05, 0) is 24.6 Å². The van der Waals surface area contributed by atoms with Gasteiger partial charge in [0.15, 0.2) is 0 Å². The van der Waals surface area contributed by atoms with Gasteiger partial charge >= 0.3 is 0 Å². The fourth-order valence-electron chi connectivity index (χ4n) is 2.29. The topological polar surface area (TPSA) is 60.2 Å². The van der Waals surface area contributed by atoms with E-state index < -0.39 is 9.05 Å². The zero-order valence-electron chi connectivity index (χ0n) is 11.7. The van der Waals surface area contributed by atoms with E-state index in [0.717, 1.165) is 16.7 Å². The summed E-state index contributed by atoms with van der Waals surface area (Å²) < 4.78 is 27.9. The lowest BCUT2D eigenvalue weighted by Gasteiger charge is -2.04. The van der Waals surface area contributed by atoms with Gasteiger partial charge in [-0.25, -0.2) is 8.42 Å². The summed E-state index contributed by atoms with van der Waals surface area (Å²) in [6.45, 7) is 1.84. The van der Waals surface area contributed by atoms with E-state index in [4.69, 9.17) is 15.2 Å². The SMILES string of the molecule is Cc1onc(-c2ccc(S(=O)(=O)Cl)cc2)c1-c1ccccc1. The van der Waals surface area contributed by atoms with Gasteiger partial charge in [0.05, 0.1) is 10.5 Å². The van der Waals surface area contributed by atoms with E-state index in [-0.39, 0.29) is 4.90 Å². The highest BCUT2D eigenvalue weighted by atomic mass is 35.7. The Balaban J connectivity index is 2.11. The van der Waals surface area contributed by atoms with Crippen molar-refractivity contribution in [2.45, 2.75) is 11.8 Å². The van der Waals surface area contributed by atoms with E-state index >= 15 is 0 Å². The number of hydrogen-bond donors (Lipinski definition) is 0. The molecule has 0 aliphatic heterocycles. The smallest absolute Gasteiger partial charge is 0.261 e. The molecule has 0 aliphatic carbocycles. The zero-order chi connectivity index (χ0) is 15.7. The maximum Gasteiger partial charge on any atom is 0.261 e. The molecule has 0 unspecified atom stereocenters. The molecule has 112 valence electrons. The number of hydrogen-bond acceptors (Lipinski definition) is 4. The Morgan fingerprint density at radius 3 is 2.18 bits per heavy atom. The third-order valence-electron chi connectivity index (χ3n) is 3.33. The van der Waals surface area contributed by atoms with Gasteiger partial charge in [0.1, 0.15) is 11.5 Å². The molecule has 0 aliphatic rings. The quantitative estimate of drug-likeness (QED) is 0.672. The van der Waals surface area contributed by atoms with Crippen LogP contribution in [-0.4, -0.2) is 13.6 Å². The van der Waals surface area contributed by atoms with Gasteiger partial charge in [-0.3, -0.25) is 0 Å². The zero-order valence-corrected chi connectivity index (χ0v) is 13.2. The van der Waals surface area contributed by atoms with Crippen LogP contribution in [-0.2, 0) is 9.05 Å². The number of benzene rings is 2. The van der Waals surface area contributed by atoms with E-state index in [1.165, 1.54) is 12.1 Å². The minimum absolute atomic E-state index is 0.0550. The van der Waals surface area contributed by atoms with Gasteiger partial charge in [-0.1, -0.05) is 47.6 Å². The van der Waals surface area contributed by atoms with Gasteiger partial charge in [0, 0.05) is 16.2 Å². The highest BCUT2D eigenvalue weighted by molar-refractivity contribution is 8.13. The largest absolute Gasteiger partial charge is 0.360 e. The van der Waals surface area contributed by atoms with Gasteiger partial charge in [0.25, 0.3) is 9.05 Å². The third kappa shape index (κ3) is 2.77. The summed E-state index contributed by atoms with van der Waals surface area (Å²) in [5.74, 6) is 0.704. The molecule has 0 saturated carbocycles. The molecule has 0 saturated heterocycles. The normalized spacial score (nSPS) is 11.5. The van der Waals surface area contributed by atoms with Gasteiger partial charge in [-0.15, -0.1) is 0 Å². The molecule has 1 heterocycles. The lowest BCUT2D eigenvalue weighted by atomic mass is 10.00. The van der Waals surface area contributed by atoms with E-state index in [9.17, 15) is 8.42 Å². The highest BCUT2D eigenvalue weighted by Gasteiger charge is 2.17. The van der Waals surface area contributed by atoms with Crippen LogP contribution in [0.1, 0.15) is 5.76 Å². The summed E-state index contributed by atoms with van der Waals surface area (Å²) in [6.07, 6.45) is 0. The van der Waals surface area contributed by atoms with Crippen molar-refractivity contribution in [2.75, 3.05) is 0 Å². The number of rotatable bonds is 3. The molecule has 0 radical (unpaired) electrons. The van der Waals surface area contributed by atoms with Crippen LogP contribution in [0.3, 0.4) is 0 Å². The molecular weight excluding hydrogens is 322 g/mol. The predicted octanol–water partition coefficient (Wildman–Crippen LogP) is 4.24. The maximum atomic E-state index is 11.3. The summed E-state index contributed by atoms with van der Waals surface area (Å²) in [5.41, 5.74) is 3.31. The Morgan fingerprint density at radius 1 is 0.955 bits per heavy atom. The average molecular weight is 334 g/mol. The van der Waals surface area contributed by atoms with Crippen LogP contribution in [0, 0.1) is 6.92 Å². The molecule has 3 aromatic rings. The predicted molar refractivity (Wildman–Crippen MR) is 85.2 cm³/mol. The van der Waals surface area contributed by atoms with Crippen molar-refractivity contribution < 1.29 is 12.9 Å². The molecule has 0 atom stereocenters. The van der Waals surface area contributed by atoms with Crippen molar-refractivity contribution in [3.63, 3.8) is 0 Å². The second-order valence-electron chi connectivity index (χ2n) is 4.79. The minimum Gasteiger partial charge on any atom is -0.360 e. The minimum atomic E-state index is -3.73. The van der Waals surface area contributed by atoms with Crippen LogP contribution >= 0.6 is 10.7 Å². The standard InChI is InChI=1S/C16H12ClNO3S/c1-11-15(12-5-3-2-4-6-12)16(18-21-11)13-7-9-14(10-8-13)22(17,19)20/h2-10H,1H3. The van der Waals surface area contributed by atoms with Gasteiger partial charge in [0.2, 0.25) is 0 Å². The summed E-state index contributed by atoms with van der Waals surface area (Å²) in [4.78, 5) is 0.0550. The molecule has 0 N–H and O–H groups in total. The molecule has 6 heteroatoms. The summed E-state index contributed by atoms with van der Waals surface area (Å²) in [5, 5.41) is 4.10. The van der Waals surface area contributed by atoms with E-state index in [2.05, 4.69) is 5.16 Å². The summed E-state index contributed by atoms with van der Waals surface area (Å²) in [7, 11) is 1.60. The molecule has 2 aromatic carbocycles.